The van der Waals surface area contributed by atoms with E-state index in [1.807, 2.05) is 7.05 Å². The zero-order valence-corrected chi connectivity index (χ0v) is 11.2. The summed E-state index contributed by atoms with van der Waals surface area (Å²) in [6.45, 7) is 1.26. The van der Waals surface area contributed by atoms with Crippen LogP contribution >= 0.6 is 0 Å². The van der Waals surface area contributed by atoms with E-state index in [0.717, 1.165) is 25.0 Å². The van der Waals surface area contributed by atoms with Crippen LogP contribution in [0.5, 0.6) is 0 Å². The maximum absolute atomic E-state index is 12.5. The molecule has 1 aromatic rings. The third-order valence-electron chi connectivity index (χ3n) is 3.65. The molecule has 1 saturated heterocycles. The molecule has 1 aliphatic rings. The fraction of sp³-hybridized carbons (Fsp3) is 0.500. The van der Waals surface area contributed by atoms with E-state index >= 15 is 0 Å². The van der Waals surface area contributed by atoms with Crippen LogP contribution in [-0.4, -0.2) is 37.0 Å². The van der Waals surface area contributed by atoms with Crippen molar-refractivity contribution >= 4 is 5.91 Å². The first-order valence-electron chi connectivity index (χ1n) is 6.55. The second-order valence-electron chi connectivity index (χ2n) is 4.93. The Balaban J connectivity index is 2.03. The molecule has 0 aromatic heterocycles. The lowest BCUT2D eigenvalue weighted by Gasteiger charge is -2.31. The summed E-state index contributed by atoms with van der Waals surface area (Å²) in [6, 6.07) is 4.80. The summed E-state index contributed by atoms with van der Waals surface area (Å²) in [5.41, 5.74) is -0.427. The van der Waals surface area contributed by atoms with Crippen LogP contribution in [0.15, 0.2) is 24.3 Å². The fourth-order valence-electron chi connectivity index (χ4n) is 2.36. The van der Waals surface area contributed by atoms with Gasteiger partial charge in [0.15, 0.2) is 0 Å². The zero-order valence-electron chi connectivity index (χ0n) is 11.2. The highest BCUT2D eigenvalue weighted by atomic mass is 19.4. The third kappa shape index (κ3) is 3.30. The van der Waals surface area contributed by atoms with Gasteiger partial charge in [-0.2, -0.15) is 13.2 Å². The minimum Gasteiger partial charge on any atom is -0.339 e. The zero-order chi connectivity index (χ0) is 14.8. The number of nitrogens with one attached hydrogen (secondary N) is 1. The van der Waals surface area contributed by atoms with E-state index in [1.54, 1.807) is 4.90 Å². The normalized spacial score (nSPS) is 17.3. The first-order chi connectivity index (χ1) is 9.41. The number of nitrogens with zero attached hydrogens (tertiary/aromatic N) is 1. The lowest BCUT2D eigenvalue weighted by Crippen LogP contribution is -2.43. The summed E-state index contributed by atoms with van der Waals surface area (Å²) in [5.74, 6) is -0.201. The van der Waals surface area contributed by atoms with Crippen LogP contribution in [0, 0.1) is 0 Å². The van der Waals surface area contributed by atoms with Gasteiger partial charge in [-0.15, -0.1) is 0 Å². The predicted octanol–water partition coefficient (Wildman–Crippen LogP) is 2.53. The van der Waals surface area contributed by atoms with Crippen LogP contribution in [0.2, 0.25) is 0 Å². The molecular formula is C14H17F3N2O. The molecule has 0 saturated carbocycles. The highest BCUT2D eigenvalue weighted by Crippen LogP contribution is 2.29. The minimum atomic E-state index is -4.37. The fourth-order valence-corrected chi connectivity index (χ4v) is 2.36. The van der Waals surface area contributed by atoms with Gasteiger partial charge in [0, 0.05) is 24.7 Å². The molecule has 2 rings (SSSR count). The maximum Gasteiger partial charge on any atom is 0.416 e. The van der Waals surface area contributed by atoms with Gasteiger partial charge in [0.05, 0.1) is 5.56 Å². The number of amides is 1. The number of likely N-dealkylation sites (tertiary alicyclic amines) is 1. The Labute approximate surface area is 115 Å². The molecule has 1 N–H and O–H groups in total. The van der Waals surface area contributed by atoms with Gasteiger partial charge in [-0.1, -0.05) is 0 Å². The van der Waals surface area contributed by atoms with Crippen molar-refractivity contribution in [3.63, 3.8) is 0 Å². The second kappa shape index (κ2) is 5.83. The molecule has 3 nitrogen and oxygen atoms in total. The number of carbonyl (C=O) groups is 1. The first-order valence-corrected chi connectivity index (χ1v) is 6.55. The summed E-state index contributed by atoms with van der Waals surface area (Å²) in [6.07, 6.45) is -2.64. The molecule has 1 heterocycles. The van der Waals surface area contributed by atoms with Crippen molar-refractivity contribution in [1.29, 1.82) is 0 Å². The van der Waals surface area contributed by atoms with Crippen LogP contribution in [0.4, 0.5) is 13.2 Å². The molecule has 0 spiro atoms. The number of hydrogen-bond acceptors (Lipinski definition) is 2. The number of rotatable bonds is 2. The van der Waals surface area contributed by atoms with Crippen molar-refractivity contribution in [2.45, 2.75) is 25.1 Å². The summed E-state index contributed by atoms with van der Waals surface area (Å²) in [4.78, 5) is 13.9. The SMILES string of the molecule is CNC1CCN(C(=O)c2ccc(C(F)(F)F)cc2)CC1. The van der Waals surface area contributed by atoms with Crippen LogP contribution in [0.1, 0.15) is 28.8 Å². The summed E-state index contributed by atoms with van der Waals surface area (Å²) in [5, 5.41) is 3.16. The summed E-state index contributed by atoms with van der Waals surface area (Å²) in [7, 11) is 1.89. The van der Waals surface area contributed by atoms with Gasteiger partial charge in [-0.3, -0.25) is 4.79 Å². The highest BCUT2D eigenvalue weighted by molar-refractivity contribution is 5.94. The van der Waals surface area contributed by atoms with Crippen molar-refractivity contribution in [3.05, 3.63) is 35.4 Å². The Morgan fingerprint density at radius 2 is 1.75 bits per heavy atom. The topological polar surface area (TPSA) is 32.3 Å². The third-order valence-corrected chi connectivity index (χ3v) is 3.65. The Morgan fingerprint density at radius 1 is 1.20 bits per heavy atom. The molecule has 1 aliphatic heterocycles. The molecule has 6 heteroatoms. The van der Waals surface area contributed by atoms with Crippen molar-refractivity contribution < 1.29 is 18.0 Å². The molecule has 110 valence electrons. The Bertz CT molecular complexity index is 462. The van der Waals surface area contributed by atoms with Crippen molar-refractivity contribution in [2.75, 3.05) is 20.1 Å². The average Bonchev–Trinajstić information content (AvgIpc) is 2.46. The molecule has 0 unspecified atom stereocenters. The van der Waals surface area contributed by atoms with Crippen molar-refractivity contribution in [3.8, 4) is 0 Å². The lowest BCUT2D eigenvalue weighted by atomic mass is 10.0. The lowest BCUT2D eigenvalue weighted by molar-refractivity contribution is -0.137. The summed E-state index contributed by atoms with van der Waals surface area (Å²) >= 11 is 0. The molecule has 0 radical (unpaired) electrons. The number of halogens is 3. The van der Waals surface area contributed by atoms with Crippen LogP contribution in [0.25, 0.3) is 0 Å². The average molecular weight is 286 g/mol. The Hall–Kier alpha value is -1.56. The first kappa shape index (κ1) is 14.8. The number of hydrogen-bond donors (Lipinski definition) is 1. The van der Waals surface area contributed by atoms with Crippen molar-refractivity contribution in [1.82, 2.24) is 10.2 Å². The molecular weight excluding hydrogens is 269 g/mol. The van der Waals surface area contributed by atoms with Gasteiger partial charge in [-0.25, -0.2) is 0 Å². The van der Waals surface area contributed by atoms with Crippen molar-refractivity contribution in [2.24, 2.45) is 0 Å². The minimum absolute atomic E-state index is 0.201. The van der Waals surface area contributed by atoms with E-state index in [4.69, 9.17) is 0 Å². The number of benzene rings is 1. The van der Waals surface area contributed by atoms with Gasteiger partial charge < -0.3 is 10.2 Å². The molecule has 1 amide bonds. The number of carbonyl (C=O) groups excluding carboxylic acids is 1. The highest BCUT2D eigenvalue weighted by Gasteiger charge is 2.30. The van der Waals surface area contributed by atoms with Crippen LogP contribution < -0.4 is 5.32 Å². The van der Waals surface area contributed by atoms with E-state index in [9.17, 15) is 18.0 Å². The Morgan fingerprint density at radius 3 is 2.20 bits per heavy atom. The largest absolute Gasteiger partial charge is 0.416 e. The number of piperidine rings is 1. The smallest absolute Gasteiger partial charge is 0.339 e. The molecule has 20 heavy (non-hydrogen) atoms. The van der Waals surface area contributed by atoms with Gasteiger partial charge in [0.2, 0.25) is 0 Å². The van der Waals surface area contributed by atoms with E-state index < -0.39 is 11.7 Å². The van der Waals surface area contributed by atoms with Gasteiger partial charge in [0.1, 0.15) is 0 Å². The van der Waals surface area contributed by atoms with Gasteiger partial charge in [0.25, 0.3) is 5.91 Å². The summed E-state index contributed by atoms with van der Waals surface area (Å²) < 4.78 is 37.4. The van der Waals surface area contributed by atoms with E-state index in [2.05, 4.69) is 5.32 Å². The molecule has 0 atom stereocenters. The van der Waals surface area contributed by atoms with E-state index in [0.29, 0.717) is 24.7 Å². The molecule has 1 fully saturated rings. The monoisotopic (exact) mass is 286 g/mol. The molecule has 0 bridgehead atoms. The van der Waals surface area contributed by atoms with Gasteiger partial charge in [-0.05, 0) is 44.2 Å². The van der Waals surface area contributed by atoms with Gasteiger partial charge >= 0.3 is 6.18 Å². The molecule has 0 aliphatic carbocycles. The van der Waals surface area contributed by atoms with E-state index in [-0.39, 0.29) is 5.91 Å². The maximum atomic E-state index is 12.5. The predicted molar refractivity (Wildman–Crippen MR) is 69.4 cm³/mol. The van der Waals surface area contributed by atoms with Crippen LogP contribution in [-0.2, 0) is 6.18 Å². The number of alkyl halides is 3. The van der Waals surface area contributed by atoms with E-state index in [1.165, 1.54) is 12.1 Å². The Kier molecular flexibility index (Phi) is 4.32. The molecule has 1 aromatic carbocycles. The van der Waals surface area contributed by atoms with Crippen LogP contribution in [0.3, 0.4) is 0 Å². The standard InChI is InChI=1S/C14H17F3N2O/c1-18-12-6-8-19(9-7-12)13(20)10-2-4-11(5-3-10)14(15,16)17/h2-5,12,18H,6-9H2,1H3. The second-order valence-corrected chi connectivity index (χ2v) is 4.93. The quantitative estimate of drug-likeness (QED) is 0.906.